The molecule has 1 atom stereocenters. The first-order valence-electron chi connectivity index (χ1n) is 9.01. The molecule has 28 heavy (non-hydrogen) atoms. The lowest BCUT2D eigenvalue weighted by atomic mass is 10.1. The summed E-state index contributed by atoms with van der Waals surface area (Å²) in [7, 11) is 0. The number of rotatable bonds is 7. The SMILES string of the molecule is CCN(CC)C(=O)Nc1ccc(C(C)NC(=O)c2ccc(C(=O)O)nc2)cc1. The number of benzene rings is 1. The monoisotopic (exact) mass is 384 g/mol. The van der Waals surface area contributed by atoms with Crippen molar-refractivity contribution in [1.29, 1.82) is 0 Å². The molecule has 2 rings (SSSR count). The number of pyridine rings is 1. The Morgan fingerprint density at radius 3 is 2.21 bits per heavy atom. The highest BCUT2D eigenvalue weighted by Gasteiger charge is 2.14. The van der Waals surface area contributed by atoms with Gasteiger partial charge in [-0.1, -0.05) is 12.1 Å². The van der Waals surface area contributed by atoms with Gasteiger partial charge in [0.2, 0.25) is 0 Å². The summed E-state index contributed by atoms with van der Waals surface area (Å²) in [5, 5.41) is 14.5. The molecule has 0 saturated heterocycles. The number of amides is 3. The molecule has 1 aromatic carbocycles. The number of carbonyl (C=O) groups is 3. The van der Waals surface area contributed by atoms with Crippen LogP contribution in [0.2, 0.25) is 0 Å². The van der Waals surface area contributed by atoms with Gasteiger partial charge >= 0.3 is 12.0 Å². The Morgan fingerprint density at radius 1 is 1.07 bits per heavy atom. The van der Waals surface area contributed by atoms with Crippen LogP contribution in [0.25, 0.3) is 0 Å². The summed E-state index contributed by atoms with van der Waals surface area (Å²) in [6.45, 7) is 6.93. The third-order valence-electron chi connectivity index (χ3n) is 4.30. The number of hydrogen-bond acceptors (Lipinski definition) is 4. The fourth-order valence-electron chi connectivity index (χ4n) is 2.59. The van der Waals surface area contributed by atoms with E-state index in [0.29, 0.717) is 18.8 Å². The van der Waals surface area contributed by atoms with Crippen LogP contribution in [0.1, 0.15) is 53.2 Å². The Kier molecular flexibility index (Phi) is 7.08. The van der Waals surface area contributed by atoms with E-state index in [1.807, 2.05) is 32.9 Å². The van der Waals surface area contributed by atoms with Crippen LogP contribution in [0.4, 0.5) is 10.5 Å². The standard InChI is InChI=1S/C20H24N4O4/c1-4-24(5-2)20(28)23-16-9-6-14(7-10-16)13(3)22-18(25)15-8-11-17(19(26)27)21-12-15/h6-13H,4-5H2,1-3H3,(H,22,25)(H,23,28)(H,26,27). The quantitative estimate of drug-likeness (QED) is 0.679. The number of anilines is 1. The van der Waals surface area contributed by atoms with Gasteiger partial charge < -0.3 is 20.6 Å². The van der Waals surface area contributed by atoms with Crippen molar-refractivity contribution in [2.75, 3.05) is 18.4 Å². The molecule has 0 aliphatic carbocycles. The maximum atomic E-state index is 12.3. The summed E-state index contributed by atoms with van der Waals surface area (Å²) in [5.41, 5.74) is 1.70. The molecular weight excluding hydrogens is 360 g/mol. The Bertz CT molecular complexity index is 830. The molecule has 0 aliphatic rings. The maximum Gasteiger partial charge on any atom is 0.354 e. The van der Waals surface area contributed by atoms with E-state index in [2.05, 4.69) is 15.6 Å². The number of aromatic nitrogens is 1. The van der Waals surface area contributed by atoms with Crippen molar-refractivity contribution in [3.8, 4) is 0 Å². The molecule has 1 aromatic heterocycles. The second kappa shape index (κ2) is 9.50. The van der Waals surface area contributed by atoms with Crippen LogP contribution in [0.5, 0.6) is 0 Å². The molecule has 3 N–H and O–H groups in total. The van der Waals surface area contributed by atoms with Crippen LogP contribution in [-0.2, 0) is 0 Å². The minimum Gasteiger partial charge on any atom is -0.477 e. The first kappa shape index (κ1) is 20.9. The number of carboxylic acids is 1. The molecule has 0 saturated carbocycles. The van der Waals surface area contributed by atoms with Crippen LogP contribution in [-0.4, -0.2) is 46.0 Å². The van der Waals surface area contributed by atoms with Gasteiger partial charge in [0, 0.05) is 25.0 Å². The number of aromatic carboxylic acids is 1. The predicted molar refractivity (Wildman–Crippen MR) is 105 cm³/mol. The molecule has 1 unspecified atom stereocenters. The molecule has 0 fully saturated rings. The van der Waals surface area contributed by atoms with Gasteiger partial charge in [0.1, 0.15) is 5.69 Å². The Hall–Kier alpha value is -3.42. The lowest BCUT2D eigenvalue weighted by Gasteiger charge is -2.19. The Labute approximate surface area is 163 Å². The van der Waals surface area contributed by atoms with Gasteiger partial charge in [-0.05, 0) is 50.6 Å². The molecular formula is C20H24N4O4. The normalized spacial score (nSPS) is 11.4. The average molecular weight is 384 g/mol. The van der Waals surface area contributed by atoms with E-state index >= 15 is 0 Å². The third kappa shape index (κ3) is 5.29. The number of carbonyl (C=O) groups excluding carboxylic acids is 2. The average Bonchev–Trinajstić information content (AvgIpc) is 2.69. The molecule has 0 bridgehead atoms. The number of hydrogen-bond donors (Lipinski definition) is 3. The molecule has 8 heteroatoms. The third-order valence-corrected chi connectivity index (χ3v) is 4.30. The van der Waals surface area contributed by atoms with E-state index in [4.69, 9.17) is 5.11 Å². The van der Waals surface area contributed by atoms with E-state index in [9.17, 15) is 14.4 Å². The maximum absolute atomic E-state index is 12.3. The van der Waals surface area contributed by atoms with Gasteiger partial charge in [0.25, 0.3) is 5.91 Å². The number of urea groups is 1. The van der Waals surface area contributed by atoms with E-state index in [0.717, 1.165) is 5.56 Å². The second-order valence-electron chi connectivity index (χ2n) is 6.16. The fraction of sp³-hybridized carbons (Fsp3) is 0.300. The zero-order chi connectivity index (χ0) is 20.7. The summed E-state index contributed by atoms with van der Waals surface area (Å²) < 4.78 is 0. The van der Waals surface area contributed by atoms with Gasteiger partial charge in [-0.3, -0.25) is 4.79 Å². The van der Waals surface area contributed by atoms with Crippen molar-refractivity contribution in [3.63, 3.8) is 0 Å². The van der Waals surface area contributed by atoms with Gasteiger partial charge in [0.15, 0.2) is 0 Å². The number of nitrogens with zero attached hydrogens (tertiary/aromatic N) is 2. The van der Waals surface area contributed by atoms with Crippen molar-refractivity contribution >= 4 is 23.6 Å². The summed E-state index contributed by atoms with van der Waals surface area (Å²) in [5.74, 6) is -1.50. The van der Waals surface area contributed by atoms with E-state index in [-0.39, 0.29) is 29.2 Å². The summed E-state index contributed by atoms with van der Waals surface area (Å²) in [6.07, 6.45) is 1.23. The Morgan fingerprint density at radius 2 is 1.71 bits per heavy atom. The van der Waals surface area contributed by atoms with Gasteiger partial charge in [-0.25, -0.2) is 14.6 Å². The number of nitrogens with one attached hydrogen (secondary N) is 2. The van der Waals surface area contributed by atoms with Crippen LogP contribution in [0, 0.1) is 0 Å². The zero-order valence-corrected chi connectivity index (χ0v) is 16.1. The summed E-state index contributed by atoms with van der Waals surface area (Å²) in [6, 6.07) is 9.49. The van der Waals surface area contributed by atoms with Crippen molar-refractivity contribution in [3.05, 3.63) is 59.4 Å². The van der Waals surface area contributed by atoms with Gasteiger partial charge in [-0.15, -0.1) is 0 Å². The molecule has 0 spiro atoms. The van der Waals surface area contributed by atoms with Crippen molar-refractivity contribution in [1.82, 2.24) is 15.2 Å². The van der Waals surface area contributed by atoms with Crippen LogP contribution in [0.3, 0.4) is 0 Å². The van der Waals surface area contributed by atoms with Crippen molar-refractivity contribution < 1.29 is 19.5 Å². The topological polar surface area (TPSA) is 112 Å². The molecule has 1 heterocycles. The molecule has 0 aliphatic heterocycles. The summed E-state index contributed by atoms with van der Waals surface area (Å²) in [4.78, 5) is 40.6. The molecule has 0 radical (unpaired) electrons. The smallest absolute Gasteiger partial charge is 0.354 e. The number of carboxylic acid groups (broad SMARTS) is 1. The highest BCUT2D eigenvalue weighted by molar-refractivity contribution is 5.95. The predicted octanol–water partition coefficient (Wildman–Crippen LogP) is 3.14. The lowest BCUT2D eigenvalue weighted by molar-refractivity contribution is 0.0689. The fourth-order valence-corrected chi connectivity index (χ4v) is 2.59. The van der Waals surface area contributed by atoms with E-state index < -0.39 is 5.97 Å². The lowest BCUT2D eigenvalue weighted by Crippen LogP contribution is -2.34. The van der Waals surface area contributed by atoms with E-state index in [1.165, 1.54) is 18.3 Å². The minimum atomic E-state index is -1.14. The van der Waals surface area contributed by atoms with Crippen molar-refractivity contribution in [2.24, 2.45) is 0 Å². The molecule has 2 aromatic rings. The first-order valence-corrected chi connectivity index (χ1v) is 9.01. The second-order valence-corrected chi connectivity index (χ2v) is 6.16. The van der Waals surface area contributed by atoms with Crippen LogP contribution < -0.4 is 10.6 Å². The zero-order valence-electron chi connectivity index (χ0n) is 16.1. The Balaban J connectivity index is 1.98. The molecule has 3 amide bonds. The van der Waals surface area contributed by atoms with Crippen LogP contribution in [0.15, 0.2) is 42.6 Å². The highest BCUT2D eigenvalue weighted by atomic mass is 16.4. The minimum absolute atomic E-state index is 0.119. The highest BCUT2D eigenvalue weighted by Crippen LogP contribution is 2.17. The largest absolute Gasteiger partial charge is 0.477 e. The van der Waals surface area contributed by atoms with E-state index in [1.54, 1.807) is 17.0 Å². The van der Waals surface area contributed by atoms with Crippen molar-refractivity contribution in [2.45, 2.75) is 26.8 Å². The van der Waals surface area contributed by atoms with Gasteiger partial charge in [-0.2, -0.15) is 0 Å². The molecule has 8 nitrogen and oxygen atoms in total. The van der Waals surface area contributed by atoms with Gasteiger partial charge in [0.05, 0.1) is 11.6 Å². The van der Waals surface area contributed by atoms with Crippen LogP contribution >= 0.6 is 0 Å². The molecule has 148 valence electrons. The first-order chi connectivity index (χ1) is 13.3. The summed E-state index contributed by atoms with van der Waals surface area (Å²) >= 11 is 0.